The Morgan fingerprint density at radius 1 is 0.308 bits per heavy atom. The zero-order valence-corrected chi connectivity index (χ0v) is 39.7. The Morgan fingerprint density at radius 2 is 0.481 bits per heavy atom. The van der Waals surface area contributed by atoms with E-state index in [-0.39, 0.29) is 57.8 Å². The van der Waals surface area contributed by atoms with Gasteiger partial charge in [-0.2, -0.15) is 0 Å². The average Bonchev–Trinajstić information content (AvgIpc) is 3.12. The summed E-state index contributed by atoms with van der Waals surface area (Å²) in [5.41, 5.74) is 0. The normalized spacial score (nSPS) is 11.4. The minimum Gasteiger partial charge on any atom is -0.550 e. The maximum Gasteiger partial charge on any atom is 1.00 e. The second kappa shape index (κ2) is 50.1. The van der Waals surface area contributed by atoms with Gasteiger partial charge in [-0.15, -0.1) is 0 Å². The van der Waals surface area contributed by atoms with Gasteiger partial charge in [0.25, 0.3) is 0 Å². The van der Waals surface area contributed by atoms with E-state index < -0.39 is 5.97 Å². The van der Waals surface area contributed by atoms with Crippen molar-refractivity contribution >= 4 is 5.97 Å². The molecule has 0 spiro atoms. The summed E-state index contributed by atoms with van der Waals surface area (Å²) < 4.78 is 0. The number of carbonyl (C=O) groups is 1. The SMILES string of the molecule is CCCCCCCCCCCCCCCCCCCCCN(CCCCCCCCCCCCCCCCCCCCC)CCCCCC(=O)[O-].[K+]. The molecule has 0 rings (SSSR count). The maximum absolute atomic E-state index is 10.8. The van der Waals surface area contributed by atoms with E-state index in [2.05, 4.69) is 18.7 Å². The molecule has 0 aromatic heterocycles. The summed E-state index contributed by atoms with van der Waals surface area (Å²) in [6.45, 7) is 8.22. The van der Waals surface area contributed by atoms with Crippen LogP contribution < -0.4 is 56.5 Å². The van der Waals surface area contributed by atoms with E-state index in [0.29, 0.717) is 0 Å². The molecule has 0 saturated carbocycles. The molecule has 0 bridgehead atoms. The van der Waals surface area contributed by atoms with Crippen molar-refractivity contribution in [3.05, 3.63) is 0 Å². The molecule has 0 amide bonds. The first-order valence-electron chi connectivity index (χ1n) is 24.1. The third kappa shape index (κ3) is 49.1. The van der Waals surface area contributed by atoms with Gasteiger partial charge in [-0.25, -0.2) is 0 Å². The average molecular weight is 758 g/mol. The maximum atomic E-state index is 10.8. The van der Waals surface area contributed by atoms with Crippen LogP contribution in [0.1, 0.15) is 284 Å². The van der Waals surface area contributed by atoms with Gasteiger partial charge in [-0.05, 0) is 51.7 Å². The number of rotatable bonds is 46. The summed E-state index contributed by atoms with van der Waals surface area (Å²) >= 11 is 0. The topological polar surface area (TPSA) is 43.4 Å². The smallest absolute Gasteiger partial charge is 0.550 e. The number of nitrogens with zero attached hydrogens (tertiary/aromatic N) is 1. The molecule has 4 heteroatoms. The fraction of sp³-hybridized carbons (Fsp3) is 0.979. The molecule has 0 aliphatic heterocycles. The molecule has 0 unspecified atom stereocenters. The Bertz CT molecular complexity index is 602. The van der Waals surface area contributed by atoms with Gasteiger partial charge < -0.3 is 14.8 Å². The molecular formula is C48H96KNO2. The molecular weight excluding hydrogens is 662 g/mol. The molecule has 0 N–H and O–H groups in total. The zero-order chi connectivity index (χ0) is 37.0. The van der Waals surface area contributed by atoms with Gasteiger partial charge in [0.1, 0.15) is 0 Å². The zero-order valence-electron chi connectivity index (χ0n) is 36.6. The molecule has 0 saturated heterocycles. The monoisotopic (exact) mass is 758 g/mol. The largest absolute Gasteiger partial charge is 1.00 e. The first-order chi connectivity index (χ1) is 25.2. The van der Waals surface area contributed by atoms with Crippen LogP contribution in [0.5, 0.6) is 0 Å². The van der Waals surface area contributed by atoms with Gasteiger partial charge in [0.05, 0.1) is 0 Å². The van der Waals surface area contributed by atoms with E-state index in [1.165, 1.54) is 257 Å². The summed E-state index contributed by atoms with van der Waals surface area (Å²) in [4.78, 5) is 13.5. The predicted molar refractivity (Wildman–Crippen MR) is 227 cm³/mol. The van der Waals surface area contributed by atoms with Crippen LogP contribution in [-0.2, 0) is 4.79 Å². The van der Waals surface area contributed by atoms with E-state index in [1.807, 2.05) is 0 Å². The number of unbranched alkanes of at least 4 members (excludes halogenated alkanes) is 38. The molecule has 0 aliphatic carbocycles. The van der Waals surface area contributed by atoms with Crippen LogP contribution in [0.2, 0.25) is 0 Å². The molecule has 0 aliphatic rings. The number of aliphatic carboxylic acids is 1. The predicted octanol–water partition coefficient (Wildman–Crippen LogP) is 12.5. The van der Waals surface area contributed by atoms with Crippen LogP contribution in [0.3, 0.4) is 0 Å². The van der Waals surface area contributed by atoms with Crippen molar-refractivity contribution in [3.8, 4) is 0 Å². The van der Waals surface area contributed by atoms with Gasteiger partial charge in [0.2, 0.25) is 0 Å². The Labute approximate surface area is 372 Å². The van der Waals surface area contributed by atoms with Crippen molar-refractivity contribution < 1.29 is 61.3 Å². The summed E-state index contributed by atoms with van der Waals surface area (Å²) in [5, 5.41) is 10.8. The fourth-order valence-electron chi connectivity index (χ4n) is 7.94. The third-order valence-corrected chi connectivity index (χ3v) is 11.5. The second-order valence-corrected chi connectivity index (χ2v) is 16.8. The molecule has 52 heavy (non-hydrogen) atoms. The molecule has 0 heterocycles. The quantitative estimate of drug-likeness (QED) is 0.0459. The van der Waals surface area contributed by atoms with Gasteiger partial charge >= 0.3 is 51.4 Å². The van der Waals surface area contributed by atoms with E-state index in [1.54, 1.807) is 0 Å². The molecule has 3 nitrogen and oxygen atoms in total. The first kappa shape index (κ1) is 55.2. The van der Waals surface area contributed by atoms with Crippen LogP contribution in [0.15, 0.2) is 0 Å². The standard InChI is InChI=1S/C48H97NO2.K/c1-3-5-7-9-11-13-15-17-19-21-23-25-27-29-31-33-35-37-41-45-49(47-43-39-40-44-48(50)51)46-42-38-36-34-32-30-28-26-24-22-20-18-16-14-12-10-8-6-4-2;/h3-47H2,1-2H3,(H,50,51);/q;+1/p-1. The molecule has 0 radical (unpaired) electrons. The van der Waals surface area contributed by atoms with Gasteiger partial charge in [-0.1, -0.05) is 251 Å². The van der Waals surface area contributed by atoms with Gasteiger partial charge in [-0.3, -0.25) is 0 Å². The van der Waals surface area contributed by atoms with Crippen molar-refractivity contribution in [1.82, 2.24) is 4.90 Å². The number of hydrogen-bond acceptors (Lipinski definition) is 3. The van der Waals surface area contributed by atoms with Crippen LogP contribution in [0.25, 0.3) is 0 Å². The minimum absolute atomic E-state index is 0. The van der Waals surface area contributed by atoms with E-state index >= 15 is 0 Å². The number of carbonyl (C=O) groups excluding carboxylic acids is 1. The Kier molecular flexibility index (Phi) is 53.1. The fourth-order valence-corrected chi connectivity index (χ4v) is 7.94. The summed E-state index contributed by atoms with van der Waals surface area (Å²) in [6.07, 6.45) is 57.6. The molecule has 0 aromatic rings. The molecule has 0 fully saturated rings. The molecule has 0 aromatic carbocycles. The van der Waals surface area contributed by atoms with Gasteiger partial charge in [0, 0.05) is 5.97 Å². The van der Waals surface area contributed by atoms with Gasteiger partial charge in [0.15, 0.2) is 0 Å². The van der Waals surface area contributed by atoms with E-state index in [9.17, 15) is 9.90 Å². The van der Waals surface area contributed by atoms with Crippen LogP contribution in [0.4, 0.5) is 0 Å². The van der Waals surface area contributed by atoms with Crippen LogP contribution in [0, 0.1) is 0 Å². The Hall–Kier alpha value is 1.07. The third-order valence-electron chi connectivity index (χ3n) is 11.5. The second-order valence-electron chi connectivity index (χ2n) is 16.8. The minimum atomic E-state index is -0.893. The first-order valence-corrected chi connectivity index (χ1v) is 24.1. The van der Waals surface area contributed by atoms with Crippen molar-refractivity contribution in [2.24, 2.45) is 0 Å². The summed E-state index contributed by atoms with van der Waals surface area (Å²) in [6, 6.07) is 0. The molecule has 0 atom stereocenters. The van der Waals surface area contributed by atoms with Crippen LogP contribution >= 0.6 is 0 Å². The number of carboxylic acid groups (broad SMARTS) is 1. The summed E-state index contributed by atoms with van der Waals surface area (Å²) in [5.74, 6) is -0.893. The van der Waals surface area contributed by atoms with E-state index in [4.69, 9.17) is 0 Å². The van der Waals surface area contributed by atoms with Crippen molar-refractivity contribution in [2.75, 3.05) is 19.6 Å². The Morgan fingerprint density at radius 3 is 0.673 bits per heavy atom. The van der Waals surface area contributed by atoms with E-state index in [0.717, 1.165) is 25.8 Å². The van der Waals surface area contributed by atoms with Crippen molar-refractivity contribution in [3.63, 3.8) is 0 Å². The summed E-state index contributed by atoms with van der Waals surface area (Å²) in [7, 11) is 0. The number of carboxylic acids is 1. The molecule has 306 valence electrons. The van der Waals surface area contributed by atoms with Crippen molar-refractivity contribution in [1.29, 1.82) is 0 Å². The number of hydrogen-bond donors (Lipinski definition) is 0. The van der Waals surface area contributed by atoms with Crippen molar-refractivity contribution in [2.45, 2.75) is 284 Å². The van der Waals surface area contributed by atoms with Crippen LogP contribution in [-0.4, -0.2) is 30.5 Å². The Balaban J connectivity index is 0.